The molecule has 1 aromatic carbocycles. The predicted molar refractivity (Wildman–Crippen MR) is 91.1 cm³/mol. The van der Waals surface area contributed by atoms with Crippen LogP contribution in [0.25, 0.3) is 0 Å². The lowest BCUT2D eigenvalue weighted by Gasteiger charge is -2.11. The number of hydrogen-bond acceptors (Lipinski definition) is 7. The van der Waals surface area contributed by atoms with Crippen LogP contribution in [0.3, 0.4) is 0 Å². The zero-order chi connectivity index (χ0) is 16.4. The van der Waals surface area contributed by atoms with Crippen molar-refractivity contribution in [3.63, 3.8) is 0 Å². The molecule has 0 fully saturated rings. The predicted octanol–water partition coefficient (Wildman–Crippen LogP) is 2.29. The Labute approximate surface area is 138 Å². The molecule has 0 aliphatic heterocycles. The van der Waals surface area contributed by atoms with Gasteiger partial charge in [0.05, 0.1) is 10.7 Å². The van der Waals surface area contributed by atoms with E-state index in [1.54, 1.807) is 31.2 Å². The summed E-state index contributed by atoms with van der Waals surface area (Å²) in [6.45, 7) is 1.79. The second-order valence-corrected chi connectivity index (χ2v) is 5.22. The third-order valence-corrected chi connectivity index (χ3v) is 3.26. The Morgan fingerprint density at radius 3 is 2.83 bits per heavy atom. The van der Waals surface area contributed by atoms with E-state index in [9.17, 15) is 0 Å². The molecule has 3 rings (SSSR count). The van der Waals surface area contributed by atoms with Gasteiger partial charge >= 0.3 is 0 Å². The number of anilines is 5. The topological polar surface area (TPSA) is 102 Å². The Morgan fingerprint density at radius 2 is 2.09 bits per heavy atom. The fraction of sp³-hybridized carbons (Fsp3) is 0.0714. The van der Waals surface area contributed by atoms with E-state index in [1.165, 1.54) is 6.20 Å². The lowest BCUT2D eigenvalue weighted by molar-refractivity contribution is 0.400. The average molecular weight is 327 g/mol. The Kier molecular flexibility index (Phi) is 4.07. The molecule has 0 saturated carbocycles. The molecular weight excluding hydrogens is 314 g/mol. The molecule has 3 aromatic rings. The summed E-state index contributed by atoms with van der Waals surface area (Å²) in [5, 5.41) is 10.3. The van der Waals surface area contributed by atoms with Gasteiger partial charge in [-0.2, -0.15) is 4.98 Å². The number of rotatable bonds is 4. The first-order chi connectivity index (χ1) is 11.0. The Balaban J connectivity index is 1.86. The largest absolute Gasteiger partial charge is 0.399 e. The molecule has 2 aromatic heterocycles. The summed E-state index contributed by atoms with van der Waals surface area (Å²) >= 11 is 6.11. The van der Waals surface area contributed by atoms with E-state index < -0.39 is 0 Å². The highest BCUT2D eigenvalue weighted by Crippen LogP contribution is 2.26. The summed E-state index contributed by atoms with van der Waals surface area (Å²) < 4.78 is 4.99. The molecule has 0 spiro atoms. The van der Waals surface area contributed by atoms with Gasteiger partial charge < -0.3 is 20.9 Å². The number of nitrogen functional groups attached to an aromatic ring is 1. The van der Waals surface area contributed by atoms with Crippen molar-refractivity contribution in [1.29, 1.82) is 0 Å². The molecule has 2 radical (unpaired) electrons. The Hall–Kier alpha value is -2.74. The van der Waals surface area contributed by atoms with Crippen LogP contribution in [-0.4, -0.2) is 23.0 Å². The van der Waals surface area contributed by atoms with Gasteiger partial charge in [0, 0.05) is 18.0 Å². The van der Waals surface area contributed by atoms with E-state index in [0.29, 0.717) is 45.2 Å². The molecule has 0 unspecified atom stereocenters. The molecule has 9 heteroatoms. The third kappa shape index (κ3) is 3.54. The van der Waals surface area contributed by atoms with Crippen molar-refractivity contribution in [1.82, 2.24) is 15.1 Å². The highest BCUT2D eigenvalue weighted by Gasteiger charge is 2.08. The molecule has 2 heterocycles. The third-order valence-electron chi connectivity index (χ3n) is 2.93. The number of benzene rings is 1. The van der Waals surface area contributed by atoms with Crippen LogP contribution < -0.4 is 21.8 Å². The minimum absolute atomic E-state index is 0.314. The molecule has 0 saturated heterocycles. The molecule has 0 aliphatic carbocycles. The van der Waals surface area contributed by atoms with E-state index in [-0.39, 0.29) is 0 Å². The molecule has 114 valence electrons. The van der Waals surface area contributed by atoms with Crippen molar-refractivity contribution in [2.24, 2.45) is 0 Å². The van der Waals surface area contributed by atoms with Gasteiger partial charge in [0.15, 0.2) is 5.82 Å². The summed E-state index contributed by atoms with van der Waals surface area (Å²) in [6.07, 6.45) is 1.48. The molecule has 4 N–H and O–H groups in total. The van der Waals surface area contributed by atoms with Gasteiger partial charge in [-0.05, 0) is 30.6 Å². The van der Waals surface area contributed by atoms with Gasteiger partial charge in [-0.15, -0.1) is 0 Å². The lowest BCUT2D eigenvalue weighted by Crippen LogP contribution is -2.14. The van der Waals surface area contributed by atoms with Gasteiger partial charge in [-0.25, -0.2) is 4.98 Å². The number of nitrogens with one attached hydrogen (secondary N) is 2. The number of hydrogen-bond donors (Lipinski definition) is 3. The maximum Gasteiger partial charge on any atom is 0.229 e. The van der Waals surface area contributed by atoms with Crippen molar-refractivity contribution in [2.45, 2.75) is 6.92 Å². The fourth-order valence-corrected chi connectivity index (χ4v) is 2.02. The molecular formula is C14H12BClN6O. The van der Waals surface area contributed by atoms with Gasteiger partial charge in [0.1, 0.15) is 19.4 Å². The molecule has 0 bridgehead atoms. The second-order valence-electron chi connectivity index (χ2n) is 4.81. The summed E-state index contributed by atoms with van der Waals surface area (Å²) in [6, 6.07) is 6.81. The summed E-state index contributed by atoms with van der Waals surface area (Å²) in [4.78, 5) is 8.42. The Morgan fingerprint density at radius 1 is 1.26 bits per heavy atom. The van der Waals surface area contributed by atoms with Crippen molar-refractivity contribution in [3.05, 3.63) is 41.2 Å². The zero-order valence-electron chi connectivity index (χ0n) is 12.2. The van der Waals surface area contributed by atoms with E-state index in [4.69, 9.17) is 29.7 Å². The number of aryl methyl sites for hydroxylation is 1. The van der Waals surface area contributed by atoms with E-state index in [0.717, 1.165) is 0 Å². The van der Waals surface area contributed by atoms with E-state index >= 15 is 0 Å². The van der Waals surface area contributed by atoms with Gasteiger partial charge in [-0.1, -0.05) is 16.8 Å². The SMILES string of the molecule is [B]c1cnc(Nc2cc(N)ccc2Cl)nc1Nc1cc(C)on1. The summed E-state index contributed by atoms with van der Waals surface area (Å²) in [5.41, 5.74) is 7.29. The van der Waals surface area contributed by atoms with Crippen LogP contribution in [0.1, 0.15) is 5.76 Å². The normalized spacial score (nSPS) is 10.5. The van der Waals surface area contributed by atoms with E-state index in [1.807, 2.05) is 0 Å². The number of halogens is 1. The first kappa shape index (κ1) is 15.2. The van der Waals surface area contributed by atoms with Crippen LogP contribution in [-0.2, 0) is 0 Å². The second kappa shape index (κ2) is 6.17. The first-order valence-electron chi connectivity index (χ1n) is 6.66. The number of nitrogens with zero attached hydrogens (tertiary/aromatic N) is 3. The highest BCUT2D eigenvalue weighted by atomic mass is 35.5. The van der Waals surface area contributed by atoms with Crippen molar-refractivity contribution < 1.29 is 4.52 Å². The molecule has 23 heavy (non-hydrogen) atoms. The van der Waals surface area contributed by atoms with Crippen LogP contribution in [0.5, 0.6) is 0 Å². The smallest absolute Gasteiger partial charge is 0.229 e. The molecule has 0 aliphatic rings. The van der Waals surface area contributed by atoms with Gasteiger partial charge in [-0.3, -0.25) is 0 Å². The van der Waals surface area contributed by atoms with Gasteiger partial charge in [0.2, 0.25) is 5.95 Å². The maximum atomic E-state index is 6.11. The minimum atomic E-state index is 0.314. The highest BCUT2D eigenvalue weighted by molar-refractivity contribution is 6.35. The lowest BCUT2D eigenvalue weighted by atomic mass is 9.99. The van der Waals surface area contributed by atoms with E-state index in [2.05, 4.69) is 25.8 Å². The van der Waals surface area contributed by atoms with Crippen LogP contribution in [0, 0.1) is 6.92 Å². The summed E-state index contributed by atoms with van der Waals surface area (Å²) in [7, 11) is 5.87. The van der Waals surface area contributed by atoms with Crippen LogP contribution >= 0.6 is 11.6 Å². The molecule has 7 nitrogen and oxygen atoms in total. The average Bonchev–Trinajstić information content (AvgIpc) is 2.92. The fourth-order valence-electron chi connectivity index (χ4n) is 1.86. The quantitative estimate of drug-likeness (QED) is 0.499. The first-order valence-corrected chi connectivity index (χ1v) is 7.04. The monoisotopic (exact) mass is 326 g/mol. The number of nitrogens with two attached hydrogens (primary N) is 1. The van der Waals surface area contributed by atoms with Crippen molar-refractivity contribution >= 4 is 53.9 Å². The van der Waals surface area contributed by atoms with Crippen molar-refractivity contribution in [3.8, 4) is 0 Å². The minimum Gasteiger partial charge on any atom is -0.399 e. The molecule has 0 amide bonds. The van der Waals surface area contributed by atoms with Crippen LogP contribution in [0.2, 0.25) is 5.02 Å². The van der Waals surface area contributed by atoms with Crippen molar-refractivity contribution in [2.75, 3.05) is 16.4 Å². The Bertz CT molecular complexity index is 853. The van der Waals surface area contributed by atoms with Crippen LogP contribution in [0.15, 0.2) is 35.0 Å². The maximum absolute atomic E-state index is 6.11. The zero-order valence-corrected chi connectivity index (χ0v) is 12.9. The molecule has 0 atom stereocenters. The van der Waals surface area contributed by atoms with Crippen LogP contribution in [0.4, 0.5) is 29.0 Å². The number of aromatic nitrogens is 3. The summed E-state index contributed by atoms with van der Waals surface area (Å²) in [5.74, 6) is 1.89. The standard InChI is InChI=1S/C14H12BClN6O/c1-7-4-12(22-23-7)20-13-9(15)6-18-14(21-13)19-11-5-8(17)2-3-10(11)16/h2-6H,17H2,1H3,(H2,18,19,20,21,22). The van der Waals surface area contributed by atoms with Gasteiger partial charge in [0.25, 0.3) is 0 Å².